The molecule has 0 aromatic carbocycles. The molecule has 0 spiro atoms. The van der Waals surface area contributed by atoms with Crippen LogP contribution in [0.4, 0.5) is 0 Å². The maximum atomic E-state index is 11.3. The number of amides is 1. The molecule has 0 unspecified atom stereocenters. The third-order valence-corrected chi connectivity index (χ3v) is 1.71. The molecule has 0 aromatic heterocycles. The van der Waals surface area contributed by atoms with Crippen LogP contribution in [-0.2, 0) is 9.59 Å². The first-order valence-electron chi connectivity index (χ1n) is 4.96. The monoisotopic (exact) mass is 200 g/mol. The molecule has 1 N–H and O–H groups in total. The molecule has 0 radical (unpaired) electrons. The van der Waals surface area contributed by atoms with Crippen LogP contribution in [0.15, 0.2) is 0 Å². The summed E-state index contributed by atoms with van der Waals surface area (Å²) in [5, 5.41) is 2.79. The summed E-state index contributed by atoms with van der Waals surface area (Å²) in [6.07, 6.45) is 0. The van der Waals surface area contributed by atoms with Crippen LogP contribution < -0.4 is 5.32 Å². The molecular formula is C10H20N2O2. The van der Waals surface area contributed by atoms with Gasteiger partial charge in [0.15, 0.2) is 0 Å². The molecule has 0 rings (SSSR count). The Morgan fingerprint density at radius 3 is 2.21 bits per heavy atom. The first-order chi connectivity index (χ1) is 6.45. The van der Waals surface area contributed by atoms with E-state index >= 15 is 0 Å². The van der Waals surface area contributed by atoms with E-state index in [0.717, 1.165) is 0 Å². The van der Waals surface area contributed by atoms with Crippen molar-refractivity contribution in [3.63, 3.8) is 0 Å². The number of hydrogen-bond donors (Lipinski definition) is 1. The number of Topliss-reactive ketones (excluding diaryl/α,β-unsaturated/α-hetero) is 1. The van der Waals surface area contributed by atoms with Gasteiger partial charge in [0.25, 0.3) is 0 Å². The van der Waals surface area contributed by atoms with E-state index in [1.807, 2.05) is 25.7 Å². The van der Waals surface area contributed by atoms with Crippen molar-refractivity contribution >= 4 is 11.7 Å². The van der Waals surface area contributed by atoms with Crippen molar-refractivity contribution in [3.05, 3.63) is 0 Å². The number of carbonyl (C=O) groups excluding carboxylic acids is 2. The Balaban J connectivity index is 3.92. The zero-order valence-corrected chi connectivity index (χ0v) is 9.46. The van der Waals surface area contributed by atoms with Crippen molar-refractivity contribution in [3.8, 4) is 0 Å². The van der Waals surface area contributed by atoms with Crippen molar-refractivity contribution in [2.24, 2.45) is 0 Å². The van der Waals surface area contributed by atoms with E-state index < -0.39 is 0 Å². The second-order valence-corrected chi connectivity index (χ2v) is 3.73. The van der Waals surface area contributed by atoms with Gasteiger partial charge in [-0.2, -0.15) is 0 Å². The van der Waals surface area contributed by atoms with Gasteiger partial charge >= 0.3 is 0 Å². The molecule has 1 amide bonds. The molecule has 0 saturated carbocycles. The summed E-state index contributed by atoms with van der Waals surface area (Å²) in [5.41, 5.74) is 0. The lowest BCUT2D eigenvalue weighted by Gasteiger charge is -2.18. The lowest BCUT2D eigenvalue weighted by molar-refractivity contribution is -0.123. The van der Waals surface area contributed by atoms with Crippen molar-refractivity contribution in [2.75, 3.05) is 19.6 Å². The van der Waals surface area contributed by atoms with Gasteiger partial charge < -0.3 is 5.32 Å². The Morgan fingerprint density at radius 2 is 1.86 bits per heavy atom. The highest BCUT2D eigenvalue weighted by molar-refractivity contribution is 5.81. The van der Waals surface area contributed by atoms with Gasteiger partial charge in [0.1, 0.15) is 5.78 Å². The van der Waals surface area contributed by atoms with Crippen LogP contribution in [0.3, 0.4) is 0 Å². The Hall–Kier alpha value is -0.900. The summed E-state index contributed by atoms with van der Waals surface area (Å²) >= 11 is 0. The quantitative estimate of drug-likeness (QED) is 0.676. The summed E-state index contributed by atoms with van der Waals surface area (Å²) in [6.45, 7) is 8.66. The number of hydrogen-bond acceptors (Lipinski definition) is 3. The summed E-state index contributed by atoms with van der Waals surface area (Å²) in [5.74, 6) is 0.0623. The predicted molar refractivity (Wildman–Crippen MR) is 56.1 cm³/mol. The number of nitrogens with zero attached hydrogens (tertiary/aromatic N) is 1. The van der Waals surface area contributed by atoms with Gasteiger partial charge in [-0.25, -0.2) is 0 Å². The summed E-state index contributed by atoms with van der Waals surface area (Å²) in [6, 6.07) is 0.151. The Labute approximate surface area is 85.7 Å². The summed E-state index contributed by atoms with van der Waals surface area (Å²) in [7, 11) is 0. The normalized spacial score (nSPS) is 10.7. The Bertz CT molecular complexity index is 202. The third-order valence-electron chi connectivity index (χ3n) is 1.71. The van der Waals surface area contributed by atoms with Gasteiger partial charge in [-0.1, -0.05) is 6.92 Å². The molecule has 0 aliphatic rings. The Kier molecular flexibility index (Phi) is 6.12. The topological polar surface area (TPSA) is 49.4 Å². The minimum Gasteiger partial charge on any atom is -0.353 e. The van der Waals surface area contributed by atoms with E-state index in [4.69, 9.17) is 0 Å². The second kappa shape index (κ2) is 6.54. The highest BCUT2D eigenvalue weighted by atomic mass is 16.2. The minimum absolute atomic E-state index is 0.0249. The standard InChI is InChI=1S/C10H20N2O2/c1-5-12(6-9(4)13)7-10(14)11-8(2)3/h8H,5-7H2,1-4H3,(H,11,14). The van der Waals surface area contributed by atoms with E-state index in [2.05, 4.69) is 5.32 Å². The number of ketones is 1. The van der Waals surface area contributed by atoms with Crippen LogP contribution in [0.1, 0.15) is 27.7 Å². The van der Waals surface area contributed by atoms with E-state index in [1.165, 1.54) is 6.92 Å². The van der Waals surface area contributed by atoms with E-state index in [0.29, 0.717) is 19.6 Å². The van der Waals surface area contributed by atoms with Crippen LogP contribution in [-0.4, -0.2) is 42.3 Å². The fraction of sp³-hybridized carbons (Fsp3) is 0.800. The van der Waals surface area contributed by atoms with Gasteiger partial charge in [0.2, 0.25) is 5.91 Å². The summed E-state index contributed by atoms with van der Waals surface area (Å²) < 4.78 is 0. The lowest BCUT2D eigenvalue weighted by Crippen LogP contribution is -2.41. The smallest absolute Gasteiger partial charge is 0.234 e. The third kappa shape index (κ3) is 6.60. The predicted octanol–water partition coefficient (Wildman–Crippen LogP) is 0.422. The van der Waals surface area contributed by atoms with Gasteiger partial charge in [-0.3, -0.25) is 14.5 Å². The van der Waals surface area contributed by atoms with Crippen LogP contribution in [0, 0.1) is 0 Å². The zero-order valence-electron chi connectivity index (χ0n) is 9.46. The molecule has 0 aromatic rings. The second-order valence-electron chi connectivity index (χ2n) is 3.73. The van der Waals surface area contributed by atoms with Gasteiger partial charge in [0.05, 0.1) is 13.1 Å². The fourth-order valence-electron chi connectivity index (χ4n) is 1.17. The maximum absolute atomic E-state index is 11.3. The molecule has 0 aliphatic heterocycles. The minimum atomic E-state index is -0.0249. The highest BCUT2D eigenvalue weighted by Gasteiger charge is 2.10. The first kappa shape index (κ1) is 13.1. The molecule has 0 atom stereocenters. The number of rotatable bonds is 6. The molecule has 4 heteroatoms. The molecule has 0 bridgehead atoms. The average molecular weight is 200 g/mol. The van der Waals surface area contributed by atoms with E-state index in [9.17, 15) is 9.59 Å². The molecule has 4 nitrogen and oxygen atoms in total. The average Bonchev–Trinajstić information content (AvgIpc) is 2.00. The van der Waals surface area contributed by atoms with Crippen molar-refractivity contribution < 1.29 is 9.59 Å². The molecule has 0 fully saturated rings. The molecule has 0 heterocycles. The maximum Gasteiger partial charge on any atom is 0.234 e. The van der Waals surface area contributed by atoms with Crippen LogP contribution in [0.25, 0.3) is 0 Å². The van der Waals surface area contributed by atoms with E-state index in [-0.39, 0.29) is 17.7 Å². The van der Waals surface area contributed by atoms with E-state index in [1.54, 1.807) is 0 Å². The molecule has 82 valence electrons. The number of likely N-dealkylation sites (N-methyl/N-ethyl adjacent to an activating group) is 1. The van der Waals surface area contributed by atoms with Crippen LogP contribution >= 0.6 is 0 Å². The molecule has 14 heavy (non-hydrogen) atoms. The van der Waals surface area contributed by atoms with Gasteiger partial charge in [0, 0.05) is 6.04 Å². The molecule has 0 aliphatic carbocycles. The number of nitrogens with one attached hydrogen (secondary N) is 1. The molecular weight excluding hydrogens is 180 g/mol. The van der Waals surface area contributed by atoms with Crippen molar-refractivity contribution in [2.45, 2.75) is 33.7 Å². The van der Waals surface area contributed by atoms with Gasteiger partial charge in [-0.05, 0) is 27.3 Å². The fourth-order valence-corrected chi connectivity index (χ4v) is 1.17. The highest BCUT2D eigenvalue weighted by Crippen LogP contribution is 1.89. The van der Waals surface area contributed by atoms with Crippen molar-refractivity contribution in [1.29, 1.82) is 0 Å². The SMILES string of the molecule is CCN(CC(C)=O)CC(=O)NC(C)C. The Morgan fingerprint density at radius 1 is 1.29 bits per heavy atom. The number of carbonyl (C=O) groups is 2. The molecule has 0 saturated heterocycles. The lowest BCUT2D eigenvalue weighted by atomic mass is 10.3. The van der Waals surface area contributed by atoms with Crippen LogP contribution in [0.2, 0.25) is 0 Å². The van der Waals surface area contributed by atoms with Crippen molar-refractivity contribution in [1.82, 2.24) is 10.2 Å². The van der Waals surface area contributed by atoms with Gasteiger partial charge in [-0.15, -0.1) is 0 Å². The van der Waals surface area contributed by atoms with Crippen LogP contribution in [0.5, 0.6) is 0 Å². The first-order valence-corrected chi connectivity index (χ1v) is 4.96. The zero-order chi connectivity index (χ0) is 11.1. The summed E-state index contributed by atoms with van der Waals surface area (Å²) in [4.78, 5) is 24.0. The largest absolute Gasteiger partial charge is 0.353 e.